The second-order valence-electron chi connectivity index (χ2n) is 17.0. The van der Waals surface area contributed by atoms with Crippen LogP contribution < -0.4 is 24.8 Å². The van der Waals surface area contributed by atoms with E-state index in [2.05, 4.69) is 35.8 Å². The smallest absolute Gasteiger partial charge is 0.408 e. The van der Waals surface area contributed by atoms with E-state index >= 15 is 0 Å². The van der Waals surface area contributed by atoms with Gasteiger partial charge in [0.15, 0.2) is 0 Å². The molecule has 0 spiro atoms. The van der Waals surface area contributed by atoms with Crippen molar-refractivity contribution in [3.63, 3.8) is 0 Å². The van der Waals surface area contributed by atoms with Crippen LogP contribution in [0.15, 0.2) is 36.2 Å². The number of allylic oxidation sites excluding steroid dienone is 1. The second kappa shape index (κ2) is 18.3. The molecule has 15 heteroatoms. The molecule has 0 radical (unpaired) electrons. The molecular formula is C43H58N6O7S2. The van der Waals surface area contributed by atoms with Crippen LogP contribution in [0.4, 0.5) is 4.79 Å². The summed E-state index contributed by atoms with van der Waals surface area (Å²) in [4.78, 5) is 66.9. The molecule has 13 nitrogen and oxygen atoms in total. The third-order valence-electron chi connectivity index (χ3n) is 10.6. The summed E-state index contributed by atoms with van der Waals surface area (Å²) < 4.78 is 21.0. The summed E-state index contributed by atoms with van der Waals surface area (Å²) in [6.45, 7) is 15.3. The first-order chi connectivity index (χ1) is 27.6. The minimum atomic E-state index is -1.03. The summed E-state index contributed by atoms with van der Waals surface area (Å²) in [6, 6.07) is 3.72. The van der Waals surface area contributed by atoms with E-state index in [1.54, 1.807) is 27.9 Å². The first kappa shape index (κ1) is 43.2. The molecule has 6 rings (SSSR count). The second-order valence-corrected chi connectivity index (χ2v) is 18.9. The molecule has 2 aromatic heterocycles. The van der Waals surface area contributed by atoms with Crippen molar-refractivity contribution >= 4 is 58.0 Å². The van der Waals surface area contributed by atoms with E-state index in [1.807, 2.05) is 36.6 Å². The highest BCUT2D eigenvalue weighted by atomic mass is 32.2. The van der Waals surface area contributed by atoms with E-state index < -0.39 is 47.2 Å². The number of carbonyl (C=O) groups is 4. The van der Waals surface area contributed by atoms with E-state index in [0.717, 1.165) is 53.8 Å². The van der Waals surface area contributed by atoms with Crippen molar-refractivity contribution < 1.29 is 33.4 Å². The number of carbonyl (C=O) groups excluding carboxylic acids is 4. The van der Waals surface area contributed by atoms with Crippen LogP contribution in [-0.2, 0) is 19.1 Å². The number of amides is 4. The fourth-order valence-corrected chi connectivity index (χ4v) is 8.81. The average molecular weight is 835 g/mol. The third-order valence-corrected chi connectivity index (χ3v) is 12.6. The molecule has 3 aliphatic rings. The number of likely N-dealkylation sites (tertiary alicyclic amines) is 1. The Hall–Kier alpha value is -4.37. The number of aromatic nitrogens is 2. The Bertz CT molecular complexity index is 2000. The maximum Gasteiger partial charge on any atom is 0.408 e. The molecule has 4 amide bonds. The lowest BCUT2D eigenvalue weighted by Crippen LogP contribution is -2.57. The number of ether oxygens (including phenoxy) is 3. The first-order valence-electron chi connectivity index (χ1n) is 20.4. The van der Waals surface area contributed by atoms with Gasteiger partial charge in [0.05, 0.1) is 24.9 Å². The Balaban J connectivity index is 1.31. The first-order valence-corrected chi connectivity index (χ1v) is 22.2. The maximum atomic E-state index is 14.7. The number of nitrogens with zero attached hydrogens (tertiary/aromatic N) is 3. The van der Waals surface area contributed by atoms with Gasteiger partial charge >= 0.3 is 6.09 Å². The highest BCUT2D eigenvalue weighted by molar-refractivity contribution is 7.98. The zero-order chi connectivity index (χ0) is 41.8. The molecule has 314 valence electrons. The molecule has 58 heavy (non-hydrogen) atoms. The Labute approximate surface area is 350 Å². The molecule has 3 atom stereocenters. The van der Waals surface area contributed by atoms with Gasteiger partial charge in [0.2, 0.25) is 11.8 Å². The van der Waals surface area contributed by atoms with Crippen LogP contribution in [0.25, 0.3) is 21.6 Å². The summed E-state index contributed by atoms with van der Waals surface area (Å²) in [6.07, 6.45) is 7.41. The number of methoxy groups -OCH3 is 1. The predicted molar refractivity (Wildman–Crippen MR) is 228 cm³/mol. The van der Waals surface area contributed by atoms with Crippen LogP contribution >= 0.6 is 23.3 Å². The zero-order valence-electron chi connectivity index (χ0n) is 34.8. The Kier molecular flexibility index (Phi) is 13.6. The molecule has 1 aromatic carbocycles. The topological polar surface area (TPSA) is 161 Å². The fourth-order valence-electron chi connectivity index (χ4n) is 7.03. The van der Waals surface area contributed by atoms with Crippen LogP contribution in [0.3, 0.4) is 0 Å². The number of hydrogen-bond acceptors (Lipinski definition) is 11. The fraction of sp³-hybridized carbons (Fsp3) is 0.581. The number of aryl methyl sites for hydroxylation is 1. The standard InChI is InChI=1S/C43H58N6O7S2/c1-9-10-11-12-13-14-30(46-41(53)56-42(5,6)7)39(51)49-23-27(21-33(49)37(50)47-43(19-20-43)40(52)48-58-28-15-16-28)55-35-22-31(38-45-32(24-57-38)25(2)3)44-36-26(4)34(54-8)18-17-29(35)36/h9,17-18,22,24-25,27-28,30,33H,1,10-16,19-21,23H2,2-8H3,(H,46,53)(H,47,50)(H,48,52)/t27-,30+,33?/m1/s1. The van der Waals surface area contributed by atoms with Crippen molar-refractivity contribution in [1.29, 1.82) is 0 Å². The summed E-state index contributed by atoms with van der Waals surface area (Å²) in [5, 5.41) is 9.78. The number of unbranched alkanes of at least 4 members (excludes halogenated alkanes) is 3. The van der Waals surface area contributed by atoms with Gasteiger partial charge in [0, 0.05) is 34.1 Å². The lowest BCUT2D eigenvalue weighted by molar-refractivity contribution is -0.141. The number of hydrogen-bond donors (Lipinski definition) is 3. The third kappa shape index (κ3) is 10.6. The van der Waals surface area contributed by atoms with Gasteiger partial charge in [-0.15, -0.1) is 17.9 Å². The number of alkyl carbamates (subject to hydrolysis) is 1. The van der Waals surface area contributed by atoms with Gasteiger partial charge in [0.1, 0.15) is 51.5 Å². The largest absolute Gasteiger partial charge is 0.496 e. The SMILES string of the molecule is C=CCCCCC[C@H](NC(=O)OC(C)(C)C)C(=O)N1C[C@H](Oc2cc(-c3nc(C(C)C)cs3)nc3c(C)c(OC)ccc23)CC1C(=O)NC1(C(=O)NSC2CC2)CC1. The van der Waals surface area contributed by atoms with Crippen LogP contribution in [0, 0.1) is 6.92 Å². The van der Waals surface area contributed by atoms with Gasteiger partial charge < -0.3 is 29.7 Å². The average Bonchev–Trinajstić information content (AvgIpc) is 4.06. The number of fused-ring (bicyclic) bond motifs is 1. The van der Waals surface area contributed by atoms with E-state index in [9.17, 15) is 19.2 Å². The molecule has 2 saturated carbocycles. The Morgan fingerprint density at radius 3 is 2.50 bits per heavy atom. The summed E-state index contributed by atoms with van der Waals surface area (Å²) in [5.41, 5.74) is 1.33. The maximum absolute atomic E-state index is 14.7. The van der Waals surface area contributed by atoms with Crippen LogP contribution in [0.2, 0.25) is 0 Å². The lowest BCUT2D eigenvalue weighted by Gasteiger charge is -2.30. The molecule has 3 heterocycles. The number of pyridine rings is 1. The van der Waals surface area contributed by atoms with Crippen molar-refractivity contribution in [1.82, 2.24) is 30.2 Å². The van der Waals surface area contributed by atoms with Gasteiger partial charge in [-0.1, -0.05) is 32.8 Å². The number of rotatable bonds is 18. The van der Waals surface area contributed by atoms with Crippen LogP contribution in [-0.4, -0.2) is 86.9 Å². The van der Waals surface area contributed by atoms with Crippen molar-refractivity contribution in [2.45, 2.75) is 146 Å². The van der Waals surface area contributed by atoms with Gasteiger partial charge in [-0.25, -0.2) is 14.8 Å². The minimum Gasteiger partial charge on any atom is -0.496 e. The normalized spacial score (nSPS) is 19.1. The molecule has 0 bridgehead atoms. The number of nitrogens with one attached hydrogen (secondary N) is 3. The van der Waals surface area contributed by atoms with Gasteiger partial charge in [-0.3, -0.25) is 19.1 Å². The van der Waals surface area contributed by atoms with Crippen molar-refractivity contribution in [2.75, 3.05) is 13.7 Å². The lowest BCUT2D eigenvalue weighted by atomic mass is 10.0. The Morgan fingerprint density at radius 2 is 1.86 bits per heavy atom. The predicted octanol–water partition coefficient (Wildman–Crippen LogP) is 7.75. The Morgan fingerprint density at radius 1 is 1.10 bits per heavy atom. The quantitative estimate of drug-likeness (QED) is 0.0657. The van der Waals surface area contributed by atoms with Crippen molar-refractivity contribution in [3.05, 3.63) is 47.5 Å². The van der Waals surface area contributed by atoms with Crippen LogP contribution in [0.1, 0.15) is 116 Å². The molecule has 1 aliphatic heterocycles. The highest BCUT2D eigenvalue weighted by Crippen LogP contribution is 2.40. The monoisotopic (exact) mass is 834 g/mol. The molecule has 3 fully saturated rings. The van der Waals surface area contributed by atoms with E-state index in [1.165, 1.54) is 28.2 Å². The van der Waals surface area contributed by atoms with Gasteiger partial charge in [-0.05, 0) is 103 Å². The van der Waals surface area contributed by atoms with Gasteiger partial charge in [0.25, 0.3) is 5.91 Å². The highest BCUT2D eigenvalue weighted by Gasteiger charge is 2.54. The van der Waals surface area contributed by atoms with Crippen molar-refractivity contribution in [3.8, 4) is 22.2 Å². The number of benzene rings is 1. The summed E-state index contributed by atoms with van der Waals surface area (Å²) >= 11 is 2.92. The molecule has 3 N–H and O–H groups in total. The van der Waals surface area contributed by atoms with Crippen molar-refractivity contribution in [2.24, 2.45) is 0 Å². The summed E-state index contributed by atoms with van der Waals surface area (Å²) in [7, 11) is 1.62. The zero-order valence-corrected chi connectivity index (χ0v) is 36.4. The molecular weight excluding hydrogens is 777 g/mol. The summed E-state index contributed by atoms with van der Waals surface area (Å²) in [5.74, 6) is 0.383. The van der Waals surface area contributed by atoms with E-state index in [-0.39, 0.29) is 24.8 Å². The molecule has 1 unspecified atom stereocenters. The molecule has 3 aromatic rings. The van der Waals surface area contributed by atoms with E-state index in [0.29, 0.717) is 53.6 Å². The minimum absolute atomic E-state index is 0.0691. The molecule has 2 aliphatic carbocycles. The number of thiazole rings is 1. The van der Waals surface area contributed by atoms with Gasteiger partial charge in [-0.2, -0.15) is 0 Å². The van der Waals surface area contributed by atoms with Crippen LogP contribution in [0.5, 0.6) is 11.5 Å². The van der Waals surface area contributed by atoms with E-state index in [4.69, 9.17) is 24.2 Å². The molecule has 1 saturated heterocycles.